The van der Waals surface area contributed by atoms with Crippen LogP contribution in [0.4, 0.5) is 4.39 Å². The van der Waals surface area contributed by atoms with E-state index in [-0.39, 0.29) is 30.3 Å². The Kier molecular flexibility index (Phi) is 7.17. The highest BCUT2D eigenvalue weighted by atomic mass is 35.5. The van der Waals surface area contributed by atoms with Crippen LogP contribution in [0.1, 0.15) is 18.4 Å². The van der Waals surface area contributed by atoms with Crippen LogP contribution in [0, 0.1) is 5.82 Å². The molecule has 0 radical (unpaired) electrons. The summed E-state index contributed by atoms with van der Waals surface area (Å²) in [4.78, 5) is 0. The molecule has 2 N–H and O–H groups in total. The minimum atomic E-state index is -3.26. The van der Waals surface area contributed by atoms with Gasteiger partial charge in [0, 0.05) is 17.6 Å². The van der Waals surface area contributed by atoms with Crippen molar-refractivity contribution in [3.05, 3.63) is 59.9 Å². The lowest BCUT2D eigenvalue weighted by Gasteiger charge is -2.33. The summed E-state index contributed by atoms with van der Waals surface area (Å²) in [6, 6.07) is 14.4. The van der Waals surface area contributed by atoms with Crippen LogP contribution >= 0.6 is 12.4 Å². The van der Waals surface area contributed by atoms with E-state index in [1.54, 1.807) is 6.07 Å². The molecule has 2 atom stereocenters. The van der Waals surface area contributed by atoms with Crippen LogP contribution in [-0.4, -0.2) is 33.3 Å². The Morgan fingerprint density at radius 3 is 2.62 bits per heavy atom. The van der Waals surface area contributed by atoms with E-state index in [1.807, 2.05) is 36.4 Å². The molecule has 3 rings (SSSR count). The maximum atomic E-state index is 14.2. The van der Waals surface area contributed by atoms with E-state index in [1.165, 1.54) is 12.3 Å². The van der Waals surface area contributed by atoms with Crippen molar-refractivity contribution in [1.82, 2.24) is 10.0 Å². The number of nitrogens with one attached hydrogen (secondary N) is 2. The Morgan fingerprint density at radius 1 is 1.19 bits per heavy atom. The lowest BCUT2D eigenvalue weighted by atomic mass is 9.92. The molecule has 0 aromatic heterocycles. The van der Waals surface area contributed by atoms with Crippen molar-refractivity contribution in [3.63, 3.8) is 0 Å². The fourth-order valence-corrected chi connectivity index (χ4v) is 4.21. The molecule has 7 heteroatoms. The first-order chi connectivity index (χ1) is 11.9. The van der Waals surface area contributed by atoms with Crippen molar-refractivity contribution in [3.8, 4) is 11.1 Å². The SMILES string of the molecule is CS(=O)(=O)N[C@H]1CCCN[C@H]1Cc1ccc(F)c(-c2ccccc2)c1.Cl. The van der Waals surface area contributed by atoms with Crippen LogP contribution in [0.5, 0.6) is 0 Å². The third kappa shape index (κ3) is 5.51. The van der Waals surface area contributed by atoms with E-state index >= 15 is 0 Å². The van der Waals surface area contributed by atoms with Crippen molar-refractivity contribution in [2.75, 3.05) is 12.8 Å². The van der Waals surface area contributed by atoms with Gasteiger partial charge in [0.1, 0.15) is 5.82 Å². The molecule has 1 saturated heterocycles. The van der Waals surface area contributed by atoms with Gasteiger partial charge in [-0.2, -0.15) is 0 Å². The molecular formula is C19H24ClFN2O2S. The number of rotatable bonds is 5. The van der Waals surface area contributed by atoms with E-state index in [4.69, 9.17) is 0 Å². The van der Waals surface area contributed by atoms with Crippen LogP contribution in [0.25, 0.3) is 11.1 Å². The molecule has 0 aliphatic carbocycles. The van der Waals surface area contributed by atoms with Crippen molar-refractivity contribution < 1.29 is 12.8 Å². The van der Waals surface area contributed by atoms with Crippen molar-refractivity contribution in [2.24, 2.45) is 0 Å². The zero-order valence-electron chi connectivity index (χ0n) is 14.6. The van der Waals surface area contributed by atoms with E-state index in [0.29, 0.717) is 12.0 Å². The molecule has 0 spiro atoms. The van der Waals surface area contributed by atoms with Crippen LogP contribution in [0.2, 0.25) is 0 Å². The summed E-state index contributed by atoms with van der Waals surface area (Å²) in [7, 11) is -3.26. The predicted octanol–water partition coefficient (Wildman–Crippen LogP) is 3.13. The molecule has 142 valence electrons. The number of hydrogen-bond acceptors (Lipinski definition) is 3. The topological polar surface area (TPSA) is 58.2 Å². The molecule has 4 nitrogen and oxygen atoms in total. The van der Waals surface area contributed by atoms with Gasteiger partial charge in [-0.05, 0) is 49.1 Å². The van der Waals surface area contributed by atoms with Gasteiger partial charge in [-0.25, -0.2) is 17.5 Å². The lowest BCUT2D eigenvalue weighted by Crippen LogP contribution is -2.54. The second-order valence-electron chi connectivity index (χ2n) is 6.58. The maximum absolute atomic E-state index is 14.2. The molecule has 1 heterocycles. The zero-order valence-corrected chi connectivity index (χ0v) is 16.2. The molecule has 2 aromatic carbocycles. The Labute approximate surface area is 160 Å². The predicted molar refractivity (Wildman–Crippen MR) is 106 cm³/mol. The van der Waals surface area contributed by atoms with Gasteiger partial charge in [0.15, 0.2) is 0 Å². The molecule has 0 unspecified atom stereocenters. The average molecular weight is 399 g/mol. The Balaban J connectivity index is 0.00000243. The third-order valence-electron chi connectivity index (χ3n) is 4.52. The van der Waals surface area contributed by atoms with Gasteiger partial charge >= 0.3 is 0 Å². The van der Waals surface area contributed by atoms with Gasteiger partial charge in [-0.1, -0.05) is 36.4 Å². The van der Waals surface area contributed by atoms with Gasteiger partial charge in [0.2, 0.25) is 10.0 Å². The summed E-state index contributed by atoms with van der Waals surface area (Å²) in [5, 5.41) is 3.39. The first-order valence-electron chi connectivity index (χ1n) is 8.47. The Hall–Kier alpha value is -1.47. The van der Waals surface area contributed by atoms with Crippen LogP contribution in [0.15, 0.2) is 48.5 Å². The summed E-state index contributed by atoms with van der Waals surface area (Å²) in [6.07, 6.45) is 3.57. The summed E-state index contributed by atoms with van der Waals surface area (Å²) < 4.78 is 40.1. The summed E-state index contributed by atoms with van der Waals surface area (Å²) in [5.41, 5.74) is 2.39. The number of benzene rings is 2. The fraction of sp³-hybridized carbons (Fsp3) is 0.368. The highest BCUT2D eigenvalue weighted by molar-refractivity contribution is 7.88. The maximum Gasteiger partial charge on any atom is 0.209 e. The monoisotopic (exact) mass is 398 g/mol. The molecule has 2 aromatic rings. The molecular weight excluding hydrogens is 375 g/mol. The lowest BCUT2D eigenvalue weighted by molar-refractivity contribution is 0.329. The van der Waals surface area contributed by atoms with E-state index in [0.717, 1.165) is 30.5 Å². The number of piperidine rings is 1. The first kappa shape index (κ1) is 20.8. The normalized spacial score (nSPS) is 20.4. The molecule has 26 heavy (non-hydrogen) atoms. The molecule has 0 bridgehead atoms. The van der Waals surface area contributed by atoms with Crippen molar-refractivity contribution >= 4 is 22.4 Å². The molecule has 0 saturated carbocycles. The van der Waals surface area contributed by atoms with Crippen molar-refractivity contribution in [1.29, 1.82) is 0 Å². The highest BCUT2D eigenvalue weighted by Crippen LogP contribution is 2.25. The highest BCUT2D eigenvalue weighted by Gasteiger charge is 2.27. The van der Waals surface area contributed by atoms with Gasteiger partial charge in [0.05, 0.1) is 6.26 Å². The molecule has 1 aliphatic heterocycles. The standard InChI is InChI=1S/C19H23FN2O2S.ClH/c1-25(23,24)22-18-8-5-11-21-19(18)13-14-9-10-17(20)16(12-14)15-6-3-2-4-7-15;/h2-4,6-7,9-10,12,18-19,21-22H,5,8,11,13H2,1H3;1H/t18-,19-;/m0./s1. The summed E-state index contributed by atoms with van der Waals surface area (Å²) in [6.45, 7) is 0.860. The summed E-state index contributed by atoms with van der Waals surface area (Å²) >= 11 is 0. The Morgan fingerprint density at radius 2 is 1.92 bits per heavy atom. The van der Waals surface area contributed by atoms with E-state index in [9.17, 15) is 12.8 Å². The largest absolute Gasteiger partial charge is 0.312 e. The number of halogens is 2. The van der Waals surface area contributed by atoms with Gasteiger partial charge in [-0.3, -0.25) is 0 Å². The molecule has 0 amide bonds. The molecule has 1 aliphatic rings. The fourth-order valence-electron chi connectivity index (χ4n) is 3.38. The van der Waals surface area contributed by atoms with Crippen molar-refractivity contribution in [2.45, 2.75) is 31.3 Å². The third-order valence-corrected chi connectivity index (χ3v) is 5.25. The average Bonchev–Trinajstić information content (AvgIpc) is 2.58. The van der Waals surface area contributed by atoms with Crippen LogP contribution in [-0.2, 0) is 16.4 Å². The van der Waals surface area contributed by atoms with E-state index in [2.05, 4.69) is 10.0 Å². The zero-order chi connectivity index (χ0) is 17.9. The van der Waals surface area contributed by atoms with Gasteiger partial charge in [0.25, 0.3) is 0 Å². The smallest absolute Gasteiger partial charge is 0.209 e. The van der Waals surface area contributed by atoms with Crippen LogP contribution in [0.3, 0.4) is 0 Å². The minimum Gasteiger partial charge on any atom is -0.312 e. The molecule has 1 fully saturated rings. The van der Waals surface area contributed by atoms with Gasteiger partial charge in [-0.15, -0.1) is 12.4 Å². The Bertz CT molecular complexity index is 831. The quantitative estimate of drug-likeness (QED) is 0.813. The first-order valence-corrected chi connectivity index (χ1v) is 10.4. The van der Waals surface area contributed by atoms with Gasteiger partial charge < -0.3 is 5.32 Å². The second kappa shape index (κ2) is 8.95. The minimum absolute atomic E-state index is 0. The summed E-state index contributed by atoms with van der Waals surface area (Å²) in [5.74, 6) is -0.252. The number of sulfonamides is 1. The number of hydrogen-bond donors (Lipinski definition) is 2. The van der Waals surface area contributed by atoms with Crippen LogP contribution < -0.4 is 10.0 Å². The second-order valence-corrected chi connectivity index (χ2v) is 8.36. The van der Waals surface area contributed by atoms with E-state index < -0.39 is 10.0 Å².